The van der Waals surface area contributed by atoms with Crippen LogP contribution in [-0.2, 0) is 0 Å². The lowest BCUT2D eigenvalue weighted by Crippen LogP contribution is -2.19. The molecule has 0 spiro atoms. The molecule has 0 unspecified atom stereocenters. The van der Waals surface area contributed by atoms with E-state index in [9.17, 15) is 0 Å². The predicted molar refractivity (Wildman–Crippen MR) is 112 cm³/mol. The van der Waals surface area contributed by atoms with E-state index in [1.807, 2.05) is 22.9 Å². The molecule has 1 aromatic heterocycles. The van der Waals surface area contributed by atoms with Crippen LogP contribution in [0.2, 0.25) is 0 Å². The molecule has 2 aromatic rings. The van der Waals surface area contributed by atoms with Gasteiger partial charge in [0.25, 0.3) is 0 Å². The zero-order valence-corrected chi connectivity index (χ0v) is 17.5. The molecule has 0 bridgehead atoms. The third-order valence-corrected chi connectivity index (χ3v) is 6.02. The second-order valence-electron chi connectivity index (χ2n) is 6.77. The largest absolute Gasteiger partial charge is 0.497 e. The minimum Gasteiger partial charge on any atom is -0.497 e. The quantitative estimate of drug-likeness (QED) is 0.703. The van der Waals surface area contributed by atoms with Crippen LogP contribution < -0.4 is 14.3 Å². The first-order valence-electron chi connectivity index (χ1n) is 9.70. The Kier molecular flexibility index (Phi) is 6.72. The fourth-order valence-corrected chi connectivity index (χ4v) is 4.38. The second kappa shape index (κ2) is 9.22. The van der Waals surface area contributed by atoms with E-state index in [1.54, 1.807) is 25.6 Å². The highest BCUT2D eigenvalue weighted by atomic mass is 32.1. The molecular formula is C21H29N3O2S. The number of hydrogen-bond donors (Lipinski definition) is 0. The molecule has 1 aliphatic rings. The summed E-state index contributed by atoms with van der Waals surface area (Å²) in [6.07, 6.45) is 5.89. The highest BCUT2D eigenvalue weighted by Gasteiger charge is 2.18. The fourth-order valence-electron chi connectivity index (χ4n) is 3.50. The average molecular weight is 388 g/mol. The van der Waals surface area contributed by atoms with Crippen LogP contribution in [0.1, 0.15) is 46.0 Å². The van der Waals surface area contributed by atoms with Crippen molar-refractivity contribution < 1.29 is 9.47 Å². The standard InChI is InChI=1S/C21H29N3O2S/c1-5-15-7-9-16(10-8-15)23-24-19(14-27-21(24)22-6-2)18-12-11-17(25-3)13-20(18)26-4/h11-15H,5-10H2,1-4H3. The van der Waals surface area contributed by atoms with Crippen molar-refractivity contribution >= 4 is 17.0 Å². The lowest BCUT2D eigenvalue weighted by molar-refractivity contribution is 0.395. The normalized spacial score (nSPS) is 17.9. The van der Waals surface area contributed by atoms with Crippen molar-refractivity contribution in [3.05, 3.63) is 28.4 Å². The Morgan fingerprint density at radius 1 is 1.15 bits per heavy atom. The van der Waals surface area contributed by atoms with Gasteiger partial charge in [-0.25, -0.2) is 4.68 Å². The summed E-state index contributed by atoms with van der Waals surface area (Å²) >= 11 is 1.62. The van der Waals surface area contributed by atoms with Crippen molar-refractivity contribution in [3.63, 3.8) is 0 Å². The summed E-state index contributed by atoms with van der Waals surface area (Å²) in [4.78, 5) is 5.57. The van der Waals surface area contributed by atoms with E-state index in [0.717, 1.165) is 52.9 Å². The zero-order valence-electron chi connectivity index (χ0n) is 16.7. The lowest BCUT2D eigenvalue weighted by atomic mass is 9.86. The topological polar surface area (TPSA) is 48.1 Å². The lowest BCUT2D eigenvalue weighted by Gasteiger charge is -2.21. The van der Waals surface area contributed by atoms with Crippen LogP contribution in [-0.4, -0.2) is 31.2 Å². The molecule has 0 atom stereocenters. The van der Waals surface area contributed by atoms with Gasteiger partial charge in [-0.1, -0.05) is 13.3 Å². The van der Waals surface area contributed by atoms with Gasteiger partial charge >= 0.3 is 0 Å². The van der Waals surface area contributed by atoms with Crippen LogP contribution in [0.5, 0.6) is 11.5 Å². The van der Waals surface area contributed by atoms with E-state index in [4.69, 9.17) is 14.6 Å². The van der Waals surface area contributed by atoms with E-state index in [1.165, 1.54) is 25.0 Å². The molecule has 1 aliphatic carbocycles. The van der Waals surface area contributed by atoms with Gasteiger partial charge in [-0.15, -0.1) is 11.3 Å². The Labute approximate surface area is 165 Å². The molecule has 0 radical (unpaired) electrons. The van der Waals surface area contributed by atoms with E-state index in [0.29, 0.717) is 0 Å². The van der Waals surface area contributed by atoms with E-state index in [-0.39, 0.29) is 0 Å². The minimum absolute atomic E-state index is 0.739. The molecule has 3 rings (SSSR count). The maximum Gasteiger partial charge on any atom is 0.206 e. The molecule has 1 fully saturated rings. The summed E-state index contributed by atoms with van der Waals surface area (Å²) in [6.45, 7) is 5.08. The molecule has 27 heavy (non-hydrogen) atoms. The van der Waals surface area contributed by atoms with Crippen molar-refractivity contribution in [3.8, 4) is 22.8 Å². The number of ether oxygens (including phenoxy) is 2. The SMILES string of the molecule is CCN=c1scc(-c2ccc(OC)cc2OC)n1N=C1CCC(CC)CC1. The number of thiazole rings is 1. The highest BCUT2D eigenvalue weighted by Crippen LogP contribution is 2.34. The number of aromatic nitrogens is 1. The summed E-state index contributed by atoms with van der Waals surface area (Å²) in [5, 5.41) is 7.13. The molecule has 0 amide bonds. The third kappa shape index (κ3) is 4.43. The Morgan fingerprint density at radius 2 is 1.93 bits per heavy atom. The molecule has 0 N–H and O–H groups in total. The molecule has 0 saturated heterocycles. The number of hydrogen-bond acceptors (Lipinski definition) is 5. The summed E-state index contributed by atoms with van der Waals surface area (Å²) < 4.78 is 13.0. The summed E-state index contributed by atoms with van der Waals surface area (Å²) in [7, 11) is 3.35. The van der Waals surface area contributed by atoms with Gasteiger partial charge in [-0.2, -0.15) is 5.10 Å². The van der Waals surface area contributed by atoms with Crippen molar-refractivity contribution in [2.75, 3.05) is 20.8 Å². The van der Waals surface area contributed by atoms with Crippen LogP contribution >= 0.6 is 11.3 Å². The number of benzene rings is 1. The van der Waals surface area contributed by atoms with Crippen molar-refractivity contribution in [1.29, 1.82) is 0 Å². The van der Waals surface area contributed by atoms with Crippen LogP contribution in [0.4, 0.5) is 0 Å². The van der Waals surface area contributed by atoms with Gasteiger partial charge in [0.2, 0.25) is 4.80 Å². The molecule has 0 aliphatic heterocycles. The zero-order chi connectivity index (χ0) is 19.2. The van der Waals surface area contributed by atoms with E-state index in [2.05, 4.69) is 24.2 Å². The first kappa shape index (κ1) is 19.7. The van der Waals surface area contributed by atoms with Gasteiger partial charge in [0.05, 0.1) is 19.9 Å². The van der Waals surface area contributed by atoms with Gasteiger partial charge in [-0.3, -0.25) is 4.99 Å². The Bertz CT molecular complexity index is 857. The molecule has 1 aromatic carbocycles. The van der Waals surface area contributed by atoms with Gasteiger partial charge in [0.1, 0.15) is 11.5 Å². The summed E-state index contributed by atoms with van der Waals surface area (Å²) in [5.41, 5.74) is 3.28. The maximum absolute atomic E-state index is 5.62. The molecule has 5 nitrogen and oxygen atoms in total. The first-order valence-corrected chi connectivity index (χ1v) is 10.6. The van der Waals surface area contributed by atoms with Crippen molar-refractivity contribution in [2.45, 2.75) is 46.0 Å². The van der Waals surface area contributed by atoms with Gasteiger partial charge < -0.3 is 9.47 Å². The number of rotatable bonds is 6. The molecule has 146 valence electrons. The van der Waals surface area contributed by atoms with Crippen molar-refractivity contribution in [1.82, 2.24) is 4.68 Å². The monoisotopic (exact) mass is 387 g/mol. The van der Waals surface area contributed by atoms with Crippen LogP contribution in [0.3, 0.4) is 0 Å². The fraction of sp³-hybridized carbons (Fsp3) is 0.524. The molecule has 6 heteroatoms. The first-order chi connectivity index (χ1) is 13.2. The maximum atomic E-state index is 5.62. The Morgan fingerprint density at radius 3 is 2.56 bits per heavy atom. The van der Waals surface area contributed by atoms with Crippen LogP contribution in [0.25, 0.3) is 11.3 Å². The van der Waals surface area contributed by atoms with Crippen LogP contribution in [0.15, 0.2) is 33.7 Å². The van der Waals surface area contributed by atoms with E-state index < -0.39 is 0 Å². The second-order valence-corrected chi connectivity index (χ2v) is 7.61. The number of methoxy groups -OCH3 is 2. The molecular weight excluding hydrogens is 358 g/mol. The predicted octanol–water partition coefficient (Wildman–Crippen LogP) is 4.96. The summed E-state index contributed by atoms with van der Waals surface area (Å²) in [6, 6.07) is 5.89. The van der Waals surface area contributed by atoms with Gasteiger partial charge in [-0.05, 0) is 50.7 Å². The van der Waals surface area contributed by atoms with Gasteiger partial charge in [0, 0.05) is 29.3 Å². The molecule has 1 heterocycles. The van der Waals surface area contributed by atoms with E-state index >= 15 is 0 Å². The summed E-state index contributed by atoms with van der Waals surface area (Å²) in [5.74, 6) is 2.40. The third-order valence-electron chi connectivity index (χ3n) is 5.16. The van der Waals surface area contributed by atoms with Crippen molar-refractivity contribution in [2.24, 2.45) is 16.0 Å². The highest BCUT2D eigenvalue weighted by molar-refractivity contribution is 7.07. The Hall–Kier alpha value is -2.08. The molecule has 1 saturated carbocycles. The minimum atomic E-state index is 0.739. The number of nitrogens with zero attached hydrogens (tertiary/aromatic N) is 3. The van der Waals surface area contributed by atoms with Gasteiger partial charge in [0.15, 0.2) is 0 Å². The average Bonchev–Trinajstić information content (AvgIpc) is 3.10. The smallest absolute Gasteiger partial charge is 0.206 e. The van der Waals surface area contributed by atoms with Crippen LogP contribution in [0, 0.1) is 5.92 Å². The Balaban J connectivity index is 2.04.